The van der Waals surface area contributed by atoms with Crippen molar-refractivity contribution in [1.82, 2.24) is 30.0 Å². The van der Waals surface area contributed by atoms with Crippen molar-refractivity contribution in [2.24, 2.45) is 0 Å². The van der Waals surface area contributed by atoms with Crippen LogP contribution in [0, 0.1) is 0 Å². The molecule has 250 valence electrons. The van der Waals surface area contributed by atoms with Crippen LogP contribution in [0.4, 0.5) is 0 Å². The Hall–Kier alpha value is -2.40. The molecule has 20 heteroatoms. The summed E-state index contributed by atoms with van der Waals surface area (Å²) in [5.74, 6) is -2.32. The van der Waals surface area contributed by atoms with Gasteiger partial charge in [0.2, 0.25) is 0 Å². The van der Waals surface area contributed by atoms with Gasteiger partial charge < -0.3 is 30.3 Å². The SMILES string of the molecule is COC(=O)C(CSSN[C@@H](C=S)CO)NC(=O)c1cccc(-c2cccc(C(=O)NC(CSSN[C@@H](C=S)CO)C(=O)OC)n2)n1. The van der Waals surface area contributed by atoms with E-state index in [0.717, 1.165) is 22.0 Å². The molecule has 2 rings (SSSR count). The van der Waals surface area contributed by atoms with Crippen molar-refractivity contribution in [1.29, 1.82) is 0 Å². The van der Waals surface area contributed by atoms with Gasteiger partial charge in [0.1, 0.15) is 23.5 Å². The number of nitrogens with zero attached hydrogens (tertiary/aromatic N) is 2. The number of ether oxygens (including phenoxy) is 2. The summed E-state index contributed by atoms with van der Waals surface area (Å²) in [6.07, 6.45) is 0. The first-order chi connectivity index (χ1) is 22.2. The summed E-state index contributed by atoms with van der Waals surface area (Å²) in [6.45, 7) is -0.378. The zero-order valence-corrected chi connectivity index (χ0v) is 29.3. The first-order valence-electron chi connectivity index (χ1n) is 13.1. The highest BCUT2D eigenvalue weighted by atomic mass is 33.1. The quantitative estimate of drug-likeness (QED) is 0.0349. The molecule has 0 saturated carbocycles. The van der Waals surface area contributed by atoms with Crippen LogP contribution in [0.15, 0.2) is 36.4 Å². The Morgan fingerprint density at radius 2 is 1.15 bits per heavy atom. The van der Waals surface area contributed by atoms with E-state index in [0.29, 0.717) is 0 Å². The molecule has 0 saturated heterocycles. The Morgan fingerprint density at radius 1 is 0.761 bits per heavy atom. The van der Waals surface area contributed by atoms with Crippen LogP contribution in [-0.4, -0.2) is 118 Å². The van der Waals surface area contributed by atoms with Crippen molar-refractivity contribution in [3.63, 3.8) is 0 Å². The van der Waals surface area contributed by atoms with Gasteiger partial charge in [0.15, 0.2) is 0 Å². The van der Waals surface area contributed by atoms with Crippen LogP contribution in [0.25, 0.3) is 11.4 Å². The molecule has 2 aromatic rings. The third-order valence-electron chi connectivity index (χ3n) is 5.52. The van der Waals surface area contributed by atoms with Crippen LogP contribution >= 0.6 is 68.0 Å². The molecular weight excluding hydrogens is 717 g/mol. The molecule has 0 bridgehead atoms. The Kier molecular flexibility index (Phi) is 19.2. The van der Waals surface area contributed by atoms with Gasteiger partial charge in [-0.05, 0) is 57.0 Å². The zero-order valence-electron chi connectivity index (χ0n) is 24.4. The van der Waals surface area contributed by atoms with Crippen molar-refractivity contribution in [3.05, 3.63) is 47.8 Å². The molecule has 0 aliphatic carbocycles. The molecule has 0 aliphatic rings. The number of aliphatic hydroxyl groups is 2. The zero-order chi connectivity index (χ0) is 33.9. The van der Waals surface area contributed by atoms with E-state index >= 15 is 0 Å². The highest BCUT2D eigenvalue weighted by molar-refractivity contribution is 8.76. The normalized spacial score (nSPS) is 13.4. The standard InChI is InChI=1S/C26H32N6O8S6/c1-39-25(37)21(13-43-45-31-15(9-33)11-41)29-23(35)19-7-3-5-17(27-19)18-6-4-8-20(28-18)24(36)30-22(26(38)40-2)14-44-46-32-16(10-34)12-42/h3-8,11-12,15-16,21-22,31-34H,9-10,13-14H2,1-2H3,(H,29,35)(H,30,36)/t15-,16-,21?,22?/m1/s1. The Bertz CT molecular complexity index is 1250. The van der Waals surface area contributed by atoms with Gasteiger partial charge in [-0.25, -0.2) is 29.0 Å². The molecule has 14 nitrogen and oxygen atoms in total. The molecule has 6 N–H and O–H groups in total. The molecule has 2 aromatic heterocycles. The molecule has 4 atom stereocenters. The predicted octanol–water partition coefficient (Wildman–Crippen LogP) is 1.18. The summed E-state index contributed by atoms with van der Waals surface area (Å²) in [5.41, 5.74) is 0.540. The van der Waals surface area contributed by atoms with Crippen LogP contribution in [0.3, 0.4) is 0 Å². The molecule has 0 radical (unpaired) electrons. The largest absolute Gasteiger partial charge is 0.467 e. The molecule has 46 heavy (non-hydrogen) atoms. The van der Waals surface area contributed by atoms with Crippen molar-refractivity contribution in [2.75, 3.05) is 38.9 Å². The van der Waals surface area contributed by atoms with E-state index in [-0.39, 0.29) is 47.5 Å². The molecule has 2 unspecified atom stereocenters. The maximum absolute atomic E-state index is 13.0. The topological polar surface area (TPSA) is 201 Å². The highest BCUT2D eigenvalue weighted by Crippen LogP contribution is 2.21. The lowest BCUT2D eigenvalue weighted by atomic mass is 10.2. The van der Waals surface area contributed by atoms with E-state index in [1.165, 1.54) is 58.7 Å². The smallest absolute Gasteiger partial charge is 0.329 e. The number of thiocarbonyl (C=S) groups is 2. The maximum atomic E-state index is 13.0. The number of aliphatic hydroxyl groups excluding tert-OH is 2. The molecule has 0 fully saturated rings. The van der Waals surface area contributed by atoms with Crippen molar-refractivity contribution >= 4 is 102 Å². The van der Waals surface area contributed by atoms with Crippen molar-refractivity contribution in [3.8, 4) is 11.4 Å². The number of aromatic nitrogens is 2. The fourth-order valence-corrected chi connectivity index (χ4v) is 7.48. The van der Waals surface area contributed by atoms with Crippen LogP contribution in [0.2, 0.25) is 0 Å². The first-order valence-corrected chi connectivity index (χ1v) is 18.7. The Balaban J connectivity index is 2.10. The van der Waals surface area contributed by atoms with E-state index in [1.807, 2.05) is 0 Å². The number of hydrogen-bond donors (Lipinski definition) is 6. The molecule has 2 heterocycles. The molecule has 0 spiro atoms. The monoisotopic (exact) mass is 748 g/mol. The van der Waals surface area contributed by atoms with E-state index < -0.39 is 47.9 Å². The summed E-state index contributed by atoms with van der Waals surface area (Å²) < 4.78 is 15.5. The minimum Gasteiger partial charge on any atom is -0.467 e. The van der Waals surface area contributed by atoms with Gasteiger partial charge >= 0.3 is 11.9 Å². The minimum atomic E-state index is -1.00. The number of amides is 2. The lowest BCUT2D eigenvalue weighted by Crippen LogP contribution is -2.43. The number of esters is 2. The van der Waals surface area contributed by atoms with Gasteiger partial charge in [-0.1, -0.05) is 58.2 Å². The number of carbonyl (C=O) groups is 4. The Labute approximate surface area is 292 Å². The molecule has 2 amide bonds. The second-order valence-corrected chi connectivity index (χ2v) is 13.6. The fourth-order valence-electron chi connectivity index (χ4n) is 3.11. The van der Waals surface area contributed by atoms with Crippen LogP contribution < -0.4 is 20.1 Å². The number of methoxy groups -OCH3 is 2. The second-order valence-electron chi connectivity index (χ2n) is 8.74. The minimum absolute atomic E-state index is 0.00847. The van der Waals surface area contributed by atoms with Gasteiger partial charge in [-0.2, -0.15) is 0 Å². The number of pyridine rings is 2. The van der Waals surface area contributed by atoms with E-state index in [2.05, 4.69) is 30.0 Å². The molecule has 0 aliphatic heterocycles. The predicted molar refractivity (Wildman–Crippen MR) is 189 cm³/mol. The van der Waals surface area contributed by atoms with Crippen molar-refractivity contribution in [2.45, 2.75) is 24.2 Å². The number of rotatable bonds is 21. The summed E-state index contributed by atoms with van der Waals surface area (Å²) in [5, 5.41) is 26.4. The fraction of sp³-hybridized carbons (Fsp3) is 0.385. The van der Waals surface area contributed by atoms with E-state index in [4.69, 9.17) is 33.9 Å². The average Bonchev–Trinajstić information content (AvgIpc) is 3.09. The number of nitrogens with one attached hydrogen (secondary N) is 4. The molecular formula is C26H32N6O8S6. The second kappa shape index (κ2) is 22.2. The summed E-state index contributed by atoms with van der Waals surface area (Å²) in [6, 6.07) is 6.45. The van der Waals surface area contributed by atoms with Crippen LogP contribution in [0.1, 0.15) is 21.0 Å². The maximum Gasteiger partial charge on any atom is 0.329 e. The van der Waals surface area contributed by atoms with Gasteiger partial charge in [-0.15, -0.1) is 0 Å². The first kappa shape index (κ1) is 39.8. The Morgan fingerprint density at radius 3 is 1.48 bits per heavy atom. The molecule has 0 aromatic carbocycles. The van der Waals surface area contributed by atoms with Gasteiger partial charge in [0.05, 0.1) is 50.9 Å². The van der Waals surface area contributed by atoms with Gasteiger partial charge in [-0.3, -0.25) is 9.59 Å². The lowest BCUT2D eigenvalue weighted by Gasteiger charge is -2.17. The van der Waals surface area contributed by atoms with E-state index in [1.54, 1.807) is 24.3 Å². The lowest BCUT2D eigenvalue weighted by molar-refractivity contribution is -0.143. The van der Waals surface area contributed by atoms with Crippen LogP contribution in [-0.2, 0) is 19.1 Å². The van der Waals surface area contributed by atoms with Gasteiger partial charge in [0.25, 0.3) is 11.8 Å². The number of carbonyl (C=O) groups excluding carboxylic acids is 4. The average molecular weight is 749 g/mol. The third-order valence-corrected chi connectivity index (χ3v) is 10.2. The summed E-state index contributed by atoms with van der Waals surface area (Å²) in [4.78, 5) is 59.4. The van der Waals surface area contributed by atoms with Gasteiger partial charge in [0, 0.05) is 11.5 Å². The summed E-state index contributed by atoms with van der Waals surface area (Å²) in [7, 11) is 7.16. The third kappa shape index (κ3) is 13.4. The summed E-state index contributed by atoms with van der Waals surface area (Å²) >= 11 is 9.62. The highest BCUT2D eigenvalue weighted by Gasteiger charge is 2.25. The number of hydrogen-bond acceptors (Lipinski definition) is 18. The van der Waals surface area contributed by atoms with Crippen molar-refractivity contribution < 1.29 is 38.9 Å². The van der Waals surface area contributed by atoms with Crippen LogP contribution in [0.5, 0.6) is 0 Å². The van der Waals surface area contributed by atoms with E-state index in [9.17, 15) is 29.4 Å².